The number of hydrogen-bond acceptors (Lipinski definition) is 5. The van der Waals surface area contributed by atoms with Crippen molar-refractivity contribution in [3.8, 4) is 0 Å². The van der Waals surface area contributed by atoms with Crippen LogP contribution in [-0.2, 0) is 14.4 Å². The number of aryl methyl sites for hydroxylation is 2. The van der Waals surface area contributed by atoms with Crippen LogP contribution in [-0.4, -0.2) is 56.9 Å². The second-order valence-electron chi connectivity index (χ2n) is 10.5. The molecule has 3 fully saturated rings. The molecule has 3 saturated heterocycles. The van der Waals surface area contributed by atoms with Crippen molar-refractivity contribution < 1.29 is 19.5 Å². The second kappa shape index (κ2) is 10.5. The summed E-state index contributed by atoms with van der Waals surface area (Å²) >= 11 is 1.68. The van der Waals surface area contributed by atoms with Gasteiger partial charge in [0.25, 0.3) is 0 Å². The molecule has 2 bridgehead atoms. The van der Waals surface area contributed by atoms with Gasteiger partial charge in [0.2, 0.25) is 17.7 Å². The Labute approximate surface area is 222 Å². The number of benzene rings is 2. The fraction of sp³-hybridized carbons (Fsp3) is 0.483. The molecule has 3 aliphatic rings. The average molecular weight is 522 g/mol. The summed E-state index contributed by atoms with van der Waals surface area (Å²) in [6.45, 7) is 4.49. The third-order valence-corrected chi connectivity index (χ3v) is 10.1. The van der Waals surface area contributed by atoms with Gasteiger partial charge in [-0.2, -0.15) is 0 Å². The highest BCUT2D eigenvalue weighted by atomic mass is 32.2. The summed E-state index contributed by atoms with van der Waals surface area (Å²) in [6.07, 6.45) is 3.70. The molecule has 196 valence electrons. The van der Waals surface area contributed by atoms with Gasteiger partial charge in [-0.15, -0.1) is 11.8 Å². The lowest BCUT2D eigenvalue weighted by Crippen LogP contribution is -2.51. The number of fused-ring (bicyclic) bond motifs is 1. The number of anilines is 2. The van der Waals surface area contributed by atoms with Crippen LogP contribution in [0.3, 0.4) is 0 Å². The van der Waals surface area contributed by atoms with Crippen LogP contribution in [0.2, 0.25) is 0 Å². The fourth-order valence-electron chi connectivity index (χ4n) is 6.52. The van der Waals surface area contributed by atoms with Gasteiger partial charge < -0.3 is 20.6 Å². The van der Waals surface area contributed by atoms with Gasteiger partial charge in [-0.25, -0.2) is 0 Å². The Morgan fingerprint density at radius 3 is 2.43 bits per heavy atom. The summed E-state index contributed by atoms with van der Waals surface area (Å²) in [4.78, 5) is 43.3. The Bertz CT molecular complexity index is 1170. The number of aliphatic hydroxyl groups excluding tert-OH is 1. The molecular formula is C29H35N3O4S. The highest BCUT2D eigenvalue weighted by Crippen LogP contribution is 2.66. The maximum Gasteiger partial charge on any atom is 0.248 e. The summed E-state index contributed by atoms with van der Waals surface area (Å²) in [7, 11) is 0. The first kappa shape index (κ1) is 25.8. The van der Waals surface area contributed by atoms with Gasteiger partial charge in [-0.3, -0.25) is 14.4 Å². The molecule has 2 unspecified atom stereocenters. The van der Waals surface area contributed by atoms with E-state index in [1.165, 1.54) is 0 Å². The average Bonchev–Trinajstić information content (AvgIpc) is 3.52. The van der Waals surface area contributed by atoms with Crippen LogP contribution in [0.1, 0.15) is 43.2 Å². The van der Waals surface area contributed by atoms with Crippen molar-refractivity contribution in [2.75, 3.05) is 23.8 Å². The largest absolute Gasteiger partial charge is 0.396 e. The van der Waals surface area contributed by atoms with Crippen LogP contribution in [0.15, 0.2) is 48.5 Å². The lowest BCUT2D eigenvalue weighted by molar-refractivity contribution is -0.138. The van der Waals surface area contributed by atoms with Crippen molar-refractivity contribution in [3.63, 3.8) is 0 Å². The van der Waals surface area contributed by atoms with Crippen LogP contribution in [0, 0.1) is 25.7 Å². The molecule has 2 aromatic carbocycles. The minimum Gasteiger partial charge on any atom is -0.396 e. The Balaban J connectivity index is 1.45. The number of rotatable bonds is 9. The van der Waals surface area contributed by atoms with E-state index in [0.29, 0.717) is 25.1 Å². The van der Waals surface area contributed by atoms with Crippen molar-refractivity contribution in [2.24, 2.45) is 11.8 Å². The summed E-state index contributed by atoms with van der Waals surface area (Å²) in [5.41, 5.74) is 3.45. The highest BCUT2D eigenvalue weighted by Gasteiger charge is 2.73. The van der Waals surface area contributed by atoms with Crippen LogP contribution in [0.4, 0.5) is 11.4 Å². The first-order valence-corrected chi connectivity index (χ1v) is 14.1. The van der Waals surface area contributed by atoms with E-state index in [2.05, 4.69) is 10.6 Å². The van der Waals surface area contributed by atoms with Crippen LogP contribution >= 0.6 is 11.8 Å². The molecule has 0 saturated carbocycles. The predicted octanol–water partition coefficient (Wildman–Crippen LogP) is 4.13. The monoisotopic (exact) mass is 521 g/mol. The lowest BCUT2D eigenvalue weighted by atomic mass is 9.70. The number of aliphatic hydroxyl groups is 1. The van der Waals surface area contributed by atoms with E-state index in [-0.39, 0.29) is 29.6 Å². The molecule has 8 heteroatoms. The molecular weight excluding hydrogens is 486 g/mol. The minimum atomic E-state index is -0.636. The van der Waals surface area contributed by atoms with E-state index in [1.807, 2.05) is 62.4 Å². The Hall–Kier alpha value is -2.84. The molecule has 37 heavy (non-hydrogen) atoms. The summed E-state index contributed by atoms with van der Waals surface area (Å²) < 4.78 is -0.613. The molecule has 7 nitrogen and oxygen atoms in total. The Morgan fingerprint density at radius 1 is 1.00 bits per heavy atom. The van der Waals surface area contributed by atoms with E-state index < -0.39 is 22.6 Å². The molecule has 5 atom stereocenters. The SMILES string of the molecule is Cc1cccc(C)c1NC(=O)C1N(CCCCCO)C(=O)[C@@H]2[C@@H](C(=O)Nc3ccccc3)[C@H]3CCC12S3. The first-order valence-electron chi connectivity index (χ1n) is 13.2. The highest BCUT2D eigenvalue weighted by molar-refractivity contribution is 8.02. The van der Waals surface area contributed by atoms with Gasteiger partial charge in [-0.1, -0.05) is 36.4 Å². The number of amides is 3. The van der Waals surface area contributed by atoms with Crippen molar-refractivity contribution in [1.29, 1.82) is 0 Å². The van der Waals surface area contributed by atoms with Crippen molar-refractivity contribution in [3.05, 3.63) is 59.7 Å². The molecule has 1 spiro atoms. The van der Waals surface area contributed by atoms with E-state index in [9.17, 15) is 19.5 Å². The molecule has 5 rings (SSSR count). The van der Waals surface area contributed by atoms with E-state index >= 15 is 0 Å². The van der Waals surface area contributed by atoms with E-state index in [1.54, 1.807) is 16.7 Å². The standard InChI is InChI=1S/C29H35N3O4S/c1-18-10-9-11-19(2)24(18)31-27(35)25-29-15-14-21(37-29)22(26(34)30-20-12-5-3-6-13-20)23(29)28(36)32(25)16-7-4-8-17-33/h3,5-6,9-13,21-23,25,33H,4,7-8,14-17H2,1-2H3,(H,30,34)(H,31,35)/t21-,22+,23+,25?,29?/m1/s1. The smallest absolute Gasteiger partial charge is 0.248 e. The van der Waals surface area contributed by atoms with Crippen molar-refractivity contribution >= 4 is 40.9 Å². The molecule has 0 aromatic heterocycles. The summed E-state index contributed by atoms with van der Waals surface area (Å²) in [6, 6.07) is 14.6. The zero-order chi connectivity index (χ0) is 26.2. The van der Waals surface area contributed by atoms with Crippen molar-refractivity contribution in [2.45, 2.75) is 62.0 Å². The maximum atomic E-state index is 14.0. The third-order valence-electron chi connectivity index (χ3n) is 8.18. The lowest BCUT2D eigenvalue weighted by Gasteiger charge is -2.34. The summed E-state index contributed by atoms with van der Waals surface area (Å²) in [5.74, 6) is -1.39. The number of carbonyl (C=O) groups excluding carboxylic acids is 3. The number of para-hydroxylation sites is 2. The topological polar surface area (TPSA) is 98.7 Å². The van der Waals surface area contributed by atoms with Gasteiger partial charge in [0.1, 0.15) is 6.04 Å². The second-order valence-corrected chi connectivity index (χ2v) is 12.1. The molecule has 3 N–H and O–H groups in total. The molecule has 3 aliphatic heterocycles. The van der Waals surface area contributed by atoms with Crippen LogP contribution in [0.25, 0.3) is 0 Å². The minimum absolute atomic E-state index is 0.0182. The summed E-state index contributed by atoms with van der Waals surface area (Å²) in [5, 5.41) is 15.4. The van der Waals surface area contributed by atoms with Crippen molar-refractivity contribution in [1.82, 2.24) is 4.90 Å². The Kier molecular flexibility index (Phi) is 7.32. The predicted molar refractivity (Wildman–Crippen MR) is 146 cm³/mol. The number of hydrogen-bond donors (Lipinski definition) is 3. The van der Waals surface area contributed by atoms with E-state index in [4.69, 9.17) is 0 Å². The number of carbonyl (C=O) groups is 3. The fourth-order valence-corrected chi connectivity index (χ4v) is 8.73. The zero-order valence-corrected chi connectivity index (χ0v) is 22.2. The van der Waals surface area contributed by atoms with Gasteiger partial charge >= 0.3 is 0 Å². The number of nitrogens with zero attached hydrogens (tertiary/aromatic N) is 1. The van der Waals surface area contributed by atoms with Gasteiger partial charge in [0, 0.05) is 29.8 Å². The van der Waals surface area contributed by atoms with Crippen LogP contribution in [0.5, 0.6) is 0 Å². The quantitative estimate of drug-likeness (QED) is 0.431. The number of likely N-dealkylation sites (tertiary alicyclic amines) is 1. The third kappa shape index (κ3) is 4.55. The molecule has 3 amide bonds. The zero-order valence-electron chi connectivity index (χ0n) is 21.4. The van der Waals surface area contributed by atoms with E-state index in [0.717, 1.165) is 36.1 Å². The van der Waals surface area contributed by atoms with Gasteiger partial charge in [-0.05, 0) is 69.2 Å². The van der Waals surface area contributed by atoms with Gasteiger partial charge in [0.15, 0.2) is 0 Å². The molecule has 2 aromatic rings. The van der Waals surface area contributed by atoms with Crippen LogP contribution < -0.4 is 10.6 Å². The molecule has 0 radical (unpaired) electrons. The van der Waals surface area contributed by atoms with Gasteiger partial charge in [0.05, 0.1) is 16.6 Å². The normalized spacial score (nSPS) is 27.9. The Morgan fingerprint density at radius 2 is 1.73 bits per heavy atom. The molecule has 0 aliphatic carbocycles. The number of thioether (sulfide) groups is 1. The maximum absolute atomic E-state index is 14.0. The first-order chi connectivity index (χ1) is 17.9. The molecule has 3 heterocycles. The number of nitrogens with one attached hydrogen (secondary N) is 2. The number of unbranched alkanes of at least 4 members (excludes halogenated alkanes) is 2.